The Morgan fingerprint density at radius 1 is 1.53 bits per heavy atom. The Labute approximate surface area is 99.4 Å². The summed E-state index contributed by atoms with van der Waals surface area (Å²) in [5, 5.41) is 8.18. The summed E-state index contributed by atoms with van der Waals surface area (Å²) in [5.74, 6) is 0. The van der Waals surface area contributed by atoms with Crippen molar-refractivity contribution in [1.29, 1.82) is 0 Å². The van der Waals surface area contributed by atoms with Crippen LogP contribution in [0.25, 0.3) is 0 Å². The number of hydrogen-bond acceptors (Lipinski definition) is 2. The first-order valence-corrected chi connectivity index (χ1v) is 6.55. The molecule has 84 valence electrons. The van der Waals surface area contributed by atoms with Crippen LogP contribution in [-0.4, -0.2) is 15.0 Å². The van der Waals surface area contributed by atoms with E-state index in [0.29, 0.717) is 10.2 Å². The molecular weight excluding hydrogens is 254 g/mol. The van der Waals surface area contributed by atoms with Crippen molar-refractivity contribution in [3.63, 3.8) is 0 Å². The molecule has 0 bridgehead atoms. The zero-order valence-electron chi connectivity index (χ0n) is 9.41. The van der Waals surface area contributed by atoms with Gasteiger partial charge in [-0.25, -0.2) is 4.68 Å². The Kier molecular flexibility index (Phi) is 3.14. The molecule has 3 nitrogen and oxygen atoms in total. The molecule has 4 heteroatoms. The van der Waals surface area contributed by atoms with Crippen LogP contribution < -0.4 is 0 Å². The van der Waals surface area contributed by atoms with E-state index in [1.54, 1.807) is 0 Å². The summed E-state index contributed by atoms with van der Waals surface area (Å²) in [6.45, 7) is 5.49. The van der Waals surface area contributed by atoms with Gasteiger partial charge >= 0.3 is 0 Å². The number of aromatic nitrogens is 3. The molecule has 1 aliphatic carbocycles. The average molecular weight is 272 g/mol. The first-order chi connectivity index (χ1) is 7.11. The van der Waals surface area contributed by atoms with Crippen molar-refractivity contribution in [3.05, 3.63) is 11.9 Å². The molecule has 1 saturated carbocycles. The fourth-order valence-electron chi connectivity index (χ4n) is 2.44. The maximum absolute atomic E-state index is 4.18. The Morgan fingerprint density at radius 3 is 2.80 bits per heavy atom. The third-order valence-corrected chi connectivity index (χ3v) is 3.87. The number of nitrogens with zero attached hydrogens (tertiary/aromatic N) is 3. The smallest absolute Gasteiger partial charge is 0.0736 e. The Balaban J connectivity index is 2.13. The maximum Gasteiger partial charge on any atom is 0.0736 e. The van der Waals surface area contributed by atoms with E-state index in [1.165, 1.54) is 31.4 Å². The second-order valence-electron chi connectivity index (χ2n) is 4.95. The van der Waals surface area contributed by atoms with Gasteiger partial charge in [-0.3, -0.25) is 0 Å². The van der Waals surface area contributed by atoms with Crippen LogP contribution in [0.1, 0.15) is 50.1 Å². The number of hydrogen-bond donors (Lipinski definition) is 0. The highest BCUT2D eigenvalue weighted by Crippen LogP contribution is 2.39. The van der Waals surface area contributed by atoms with E-state index in [-0.39, 0.29) is 0 Å². The second-order valence-corrected chi connectivity index (χ2v) is 6.32. The molecule has 0 aliphatic heterocycles. The van der Waals surface area contributed by atoms with E-state index >= 15 is 0 Å². The predicted molar refractivity (Wildman–Crippen MR) is 63.9 cm³/mol. The van der Waals surface area contributed by atoms with Crippen LogP contribution in [0.2, 0.25) is 0 Å². The first-order valence-electron chi connectivity index (χ1n) is 5.63. The van der Waals surface area contributed by atoms with E-state index in [4.69, 9.17) is 0 Å². The quantitative estimate of drug-likeness (QED) is 0.790. The van der Waals surface area contributed by atoms with E-state index < -0.39 is 0 Å². The number of alkyl halides is 1. The molecule has 1 aromatic rings. The van der Waals surface area contributed by atoms with Gasteiger partial charge in [-0.1, -0.05) is 40.9 Å². The van der Waals surface area contributed by atoms with Crippen LogP contribution in [0, 0.1) is 5.41 Å². The molecule has 0 radical (unpaired) electrons. The summed E-state index contributed by atoms with van der Waals surface area (Å²) in [4.78, 5) is 0.331. The lowest BCUT2D eigenvalue weighted by Gasteiger charge is -2.24. The number of rotatable bonds is 3. The molecule has 2 rings (SSSR count). The molecule has 1 atom stereocenters. The predicted octanol–water partition coefficient (Wildman–Crippen LogP) is 3.31. The van der Waals surface area contributed by atoms with Gasteiger partial charge < -0.3 is 0 Å². The highest BCUT2D eigenvalue weighted by atomic mass is 79.9. The molecule has 0 N–H and O–H groups in total. The van der Waals surface area contributed by atoms with Gasteiger partial charge in [0.25, 0.3) is 0 Å². The van der Waals surface area contributed by atoms with Crippen molar-refractivity contribution in [3.8, 4) is 0 Å². The molecule has 1 heterocycles. The lowest BCUT2D eigenvalue weighted by atomic mass is 9.89. The summed E-state index contributed by atoms with van der Waals surface area (Å²) >= 11 is 3.58. The molecule has 1 aromatic heterocycles. The summed E-state index contributed by atoms with van der Waals surface area (Å²) in [6.07, 6.45) is 7.23. The van der Waals surface area contributed by atoms with E-state index in [1.807, 2.05) is 6.20 Å². The van der Waals surface area contributed by atoms with Crippen molar-refractivity contribution >= 4 is 15.9 Å². The highest BCUT2D eigenvalue weighted by Gasteiger charge is 2.30. The molecule has 1 fully saturated rings. The van der Waals surface area contributed by atoms with Crippen molar-refractivity contribution in [2.24, 2.45) is 5.41 Å². The van der Waals surface area contributed by atoms with Gasteiger partial charge in [0.05, 0.1) is 16.7 Å². The summed E-state index contributed by atoms with van der Waals surface area (Å²) in [6, 6.07) is 0. The molecule has 15 heavy (non-hydrogen) atoms. The monoisotopic (exact) mass is 271 g/mol. The topological polar surface area (TPSA) is 30.7 Å². The third kappa shape index (κ3) is 2.41. The molecule has 0 amide bonds. The molecular formula is C11H18BrN3. The van der Waals surface area contributed by atoms with Crippen LogP contribution in [-0.2, 0) is 6.54 Å². The van der Waals surface area contributed by atoms with Gasteiger partial charge in [-0.15, -0.1) is 5.10 Å². The molecule has 0 spiro atoms. The zero-order chi connectivity index (χ0) is 10.9. The van der Waals surface area contributed by atoms with Crippen molar-refractivity contribution in [2.45, 2.75) is 50.9 Å². The largest absolute Gasteiger partial charge is 0.248 e. The van der Waals surface area contributed by atoms with Gasteiger partial charge in [0, 0.05) is 6.54 Å². The van der Waals surface area contributed by atoms with Gasteiger partial charge in [-0.2, -0.15) is 0 Å². The minimum Gasteiger partial charge on any atom is -0.248 e. The Hall–Kier alpha value is -0.380. The van der Waals surface area contributed by atoms with Gasteiger partial charge in [-0.05, 0) is 25.2 Å². The molecule has 0 aromatic carbocycles. The van der Waals surface area contributed by atoms with Crippen LogP contribution in [0.15, 0.2) is 6.20 Å². The zero-order valence-corrected chi connectivity index (χ0v) is 11.0. The minimum absolute atomic E-state index is 0.331. The van der Waals surface area contributed by atoms with Crippen molar-refractivity contribution < 1.29 is 0 Å². The average Bonchev–Trinajstić information content (AvgIpc) is 2.75. The van der Waals surface area contributed by atoms with Crippen LogP contribution >= 0.6 is 15.9 Å². The van der Waals surface area contributed by atoms with Crippen LogP contribution in [0.4, 0.5) is 0 Å². The summed E-state index contributed by atoms with van der Waals surface area (Å²) < 4.78 is 2.06. The van der Waals surface area contributed by atoms with Crippen LogP contribution in [0.3, 0.4) is 0 Å². The fraction of sp³-hybridized carbons (Fsp3) is 0.818. The standard InChI is InChI=1S/C11H18BrN3/c1-9(12)10-7-13-14-15(10)8-11(2)5-3-4-6-11/h7,9H,3-6,8H2,1-2H3. The lowest BCUT2D eigenvalue weighted by molar-refractivity contribution is 0.262. The van der Waals surface area contributed by atoms with Crippen LogP contribution in [0.5, 0.6) is 0 Å². The second kappa shape index (κ2) is 4.24. The SMILES string of the molecule is CC(Br)c1cnnn1CC1(C)CCCC1. The highest BCUT2D eigenvalue weighted by molar-refractivity contribution is 9.09. The van der Waals surface area contributed by atoms with E-state index in [0.717, 1.165) is 6.54 Å². The summed E-state index contributed by atoms with van der Waals surface area (Å²) in [7, 11) is 0. The van der Waals surface area contributed by atoms with Crippen molar-refractivity contribution in [2.75, 3.05) is 0 Å². The molecule has 0 saturated heterocycles. The molecule has 1 aliphatic rings. The number of halogens is 1. The lowest BCUT2D eigenvalue weighted by Crippen LogP contribution is -2.22. The minimum atomic E-state index is 0.331. The van der Waals surface area contributed by atoms with Gasteiger partial charge in [0.2, 0.25) is 0 Å². The van der Waals surface area contributed by atoms with Gasteiger partial charge in [0.1, 0.15) is 0 Å². The Morgan fingerprint density at radius 2 is 2.20 bits per heavy atom. The van der Waals surface area contributed by atoms with Gasteiger partial charge in [0.15, 0.2) is 0 Å². The Bertz CT molecular complexity index is 326. The van der Waals surface area contributed by atoms with Crippen molar-refractivity contribution in [1.82, 2.24) is 15.0 Å². The first kappa shape index (κ1) is 11.1. The van der Waals surface area contributed by atoms with E-state index in [9.17, 15) is 0 Å². The third-order valence-electron chi connectivity index (χ3n) is 3.40. The summed E-state index contributed by atoms with van der Waals surface area (Å²) in [5.41, 5.74) is 1.62. The van der Waals surface area contributed by atoms with E-state index in [2.05, 4.69) is 44.8 Å². The normalized spacial score (nSPS) is 21.8. The fourth-order valence-corrected chi connectivity index (χ4v) is 2.80. The molecule has 1 unspecified atom stereocenters. The maximum atomic E-state index is 4.18.